The molecule has 2 aromatic carbocycles. The Kier molecular flexibility index (Phi) is 7.63. The molecule has 0 aliphatic carbocycles. The number of carbonyl (C=O) groups excluding carboxylic acids is 2. The van der Waals surface area contributed by atoms with Crippen molar-refractivity contribution >= 4 is 20.8 Å². The normalized spacial score (nSPS) is 11.0. The van der Waals surface area contributed by atoms with Crippen LogP contribution in [0.3, 0.4) is 0 Å². The first-order chi connectivity index (χ1) is 13.9. The molecule has 1 unspecified atom stereocenters. The summed E-state index contributed by atoms with van der Waals surface area (Å²) in [6.45, 7) is 1.91. The fourth-order valence-corrected chi connectivity index (χ4v) is 3.90. The molecule has 6 nitrogen and oxygen atoms in total. The number of benzene rings is 2. The first-order valence-electron chi connectivity index (χ1n) is 9.20. The van der Waals surface area contributed by atoms with Gasteiger partial charge < -0.3 is 18.9 Å². The Morgan fingerprint density at radius 1 is 0.759 bits per heavy atom. The van der Waals surface area contributed by atoms with E-state index in [1.807, 2.05) is 6.92 Å². The third-order valence-corrected chi connectivity index (χ3v) is 5.58. The first-order valence-corrected chi connectivity index (χ1v) is 9.77. The van der Waals surface area contributed by atoms with E-state index in [4.69, 9.17) is 18.9 Å². The highest BCUT2D eigenvalue weighted by molar-refractivity contribution is 7.23. The van der Waals surface area contributed by atoms with Gasteiger partial charge in [0.1, 0.15) is 39.3 Å². The second-order valence-electron chi connectivity index (χ2n) is 6.45. The molecule has 0 aliphatic rings. The fourth-order valence-electron chi connectivity index (χ4n) is 3.32. The summed E-state index contributed by atoms with van der Waals surface area (Å²) in [7, 11) is 8.36. The molecule has 0 bridgehead atoms. The van der Waals surface area contributed by atoms with Gasteiger partial charge in [-0.2, -0.15) is 0 Å². The van der Waals surface area contributed by atoms with E-state index in [1.165, 1.54) is 28.4 Å². The van der Waals surface area contributed by atoms with Gasteiger partial charge in [0.25, 0.3) is 0 Å². The Balaban J connectivity index is 2.70. The molecule has 0 heterocycles. The maximum atomic E-state index is 13.7. The van der Waals surface area contributed by atoms with Gasteiger partial charge in [-0.15, -0.1) is 9.24 Å². The molecule has 29 heavy (non-hydrogen) atoms. The third kappa shape index (κ3) is 4.23. The molecule has 0 saturated carbocycles. The van der Waals surface area contributed by atoms with Crippen LogP contribution in [0.25, 0.3) is 0 Å². The van der Waals surface area contributed by atoms with Crippen molar-refractivity contribution in [1.82, 2.24) is 0 Å². The predicted molar refractivity (Wildman–Crippen MR) is 115 cm³/mol. The number of carbonyl (C=O) groups is 2. The molecule has 0 N–H and O–H groups in total. The lowest BCUT2D eigenvalue weighted by molar-refractivity contribution is 0.0822. The Morgan fingerprint density at radius 2 is 1.07 bits per heavy atom. The summed E-state index contributed by atoms with van der Waals surface area (Å²) in [4.78, 5) is 27.5. The average molecular weight is 418 g/mol. The minimum absolute atomic E-state index is 0.225. The maximum Gasteiger partial charge on any atom is 0.187 e. The van der Waals surface area contributed by atoms with E-state index in [0.717, 1.165) is 0 Å². The van der Waals surface area contributed by atoms with Gasteiger partial charge >= 0.3 is 0 Å². The van der Waals surface area contributed by atoms with E-state index in [-0.39, 0.29) is 11.1 Å². The first kappa shape index (κ1) is 22.7. The van der Waals surface area contributed by atoms with Crippen molar-refractivity contribution < 1.29 is 28.5 Å². The van der Waals surface area contributed by atoms with Gasteiger partial charge in [-0.05, 0) is 30.7 Å². The zero-order valence-electron chi connectivity index (χ0n) is 17.4. The van der Waals surface area contributed by atoms with Crippen molar-refractivity contribution in [2.45, 2.75) is 24.9 Å². The summed E-state index contributed by atoms with van der Waals surface area (Å²) < 4.78 is 21.5. The van der Waals surface area contributed by atoms with Gasteiger partial charge in [-0.25, -0.2) is 0 Å². The monoisotopic (exact) mass is 418 g/mol. The lowest BCUT2D eigenvalue weighted by Gasteiger charge is -2.28. The molecule has 0 saturated heterocycles. The van der Waals surface area contributed by atoms with E-state index >= 15 is 0 Å². The summed E-state index contributed by atoms with van der Waals surface area (Å²) in [5.74, 6) is 0.566. The van der Waals surface area contributed by atoms with E-state index in [9.17, 15) is 9.59 Å². The van der Waals surface area contributed by atoms with Crippen molar-refractivity contribution in [3.8, 4) is 23.0 Å². The summed E-state index contributed by atoms with van der Waals surface area (Å²) in [6.07, 6.45) is 0.910. The molecule has 0 spiro atoms. The molecular formula is C22H27O6P. The van der Waals surface area contributed by atoms with Crippen molar-refractivity contribution in [3.63, 3.8) is 0 Å². The number of rotatable bonds is 10. The number of hydrogen-bond donors (Lipinski definition) is 0. The van der Waals surface area contributed by atoms with Crippen molar-refractivity contribution in [1.29, 1.82) is 0 Å². The van der Waals surface area contributed by atoms with Gasteiger partial charge in [0.2, 0.25) is 0 Å². The van der Waals surface area contributed by atoms with Crippen LogP contribution in [0.2, 0.25) is 0 Å². The quantitative estimate of drug-likeness (QED) is 0.327. The topological polar surface area (TPSA) is 71.1 Å². The summed E-state index contributed by atoms with van der Waals surface area (Å²) in [6, 6.07) is 10.1. The molecule has 1 atom stereocenters. The van der Waals surface area contributed by atoms with Crippen LogP contribution in [0.5, 0.6) is 23.0 Å². The van der Waals surface area contributed by atoms with E-state index in [1.54, 1.807) is 36.4 Å². The molecule has 0 aromatic heterocycles. The third-order valence-electron chi connectivity index (χ3n) is 4.76. The van der Waals surface area contributed by atoms with Crippen molar-refractivity contribution in [2.24, 2.45) is 0 Å². The van der Waals surface area contributed by atoms with E-state index < -0.39 is 16.7 Å². The maximum absolute atomic E-state index is 13.7. The molecule has 0 aliphatic heterocycles. The van der Waals surface area contributed by atoms with E-state index in [2.05, 4.69) is 9.24 Å². The molecular weight excluding hydrogens is 391 g/mol. The standard InChI is InChI=1S/C22H27O6P/c1-6-13-22(29,20(23)18-14(25-2)9-7-10-15(18)26-3)21(24)19-16(27-4)11-8-12-17(19)28-5/h7-12H,6,13,29H2,1-5H3. The van der Waals surface area contributed by atoms with Gasteiger partial charge in [0.05, 0.1) is 28.4 Å². The highest BCUT2D eigenvalue weighted by Crippen LogP contribution is 2.42. The average Bonchev–Trinajstić information content (AvgIpc) is 2.76. The molecule has 2 rings (SSSR count). The van der Waals surface area contributed by atoms with Crippen LogP contribution in [0.4, 0.5) is 0 Å². The Bertz CT molecular complexity index is 781. The fraction of sp³-hybridized carbons (Fsp3) is 0.364. The van der Waals surface area contributed by atoms with Crippen molar-refractivity contribution in [3.05, 3.63) is 47.5 Å². The molecule has 0 radical (unpaired) electrons. The zero-order chi connectivity index (χ0) is 21.6. The smallest absolute Gasteiger partial charge is 0.187 e. The number of ketones is 2. The van der Waals surface area contributed by atoms with E-state index in [0.29, 0.717) is 35.8 Å². The largest absolute Gasteiger partial charge is 0.496 e. The molecule has 0 amide bonds. The molecule has 7 heteroatoms. The lowest BCUT2D eigenvalue weighted by Crippen LogP contribution is -2.41. The zero-order valence-corrected chi connectivity index (χ0v) is 18.6. The van der Waals surface area contributed by atoms with Crippen LogP contribution in [0.15, 0.2) is 36.4 Å². The van der Waals surface area contributed by atoms with Gasteiger partial charge in [0, 0.05) is 0 Å². The molecule has 156 valence electrons. The van der Waals surface area contributed by atoms with Gasteiger partial charge in [-0.1, -0.05) is 25.5 Å². The summed E-state index contributed by atoms with van der Waals surface area (Å²) in [5, 5.41) is -1.45. The summed E-state index contributed by atoms with van der Waals surface area (Å²) in [5.41, 5.74) is 0.450. The lowest BCUT2D eigenvalue weighted by atomic mass is 9.84. The predicted octanol–water partition coefficient (Wildman–Crippen LogP) is 4.20. The second kappa shape index (κ2) is 9.75. The summed E-state index contributed by atoms with van der Waals surface area (Å²) >= 11 is 0. The van der Waals surface area contributed by atoms with Crippen LogP contribution in [0.1, 0.15) is 40.5 Å². The highest BCUT2D eigenvalue weighted by atomic mass is 31.0. The Labute approximate surface area is 173 Å². The molecule has 0 fully saturated rings. The molecule has 2 aromatic rings. The highest BCUT2D eigenvalue weighted by Gasteiger charge is 2.45. The second-order valence-corrected chi connectivity index (χ2v) is 7.44. The minimum Gasteiger partial charge on any atom is -0.496 e. The van der Waals surface area contributed by atoms with Crippen LogP contribution in [-0.2, 0) is 0 Å². The van der Waals surface area contributed by atoms with Crippen LogP contribution >= 0.6 is 9.24 Å². The SMILES string of the molecule is CCCC(P)(C(=O)c1c(OC)cccc1OC)C(=O)c1c(OC)cccc1OC. The number of methoxy groups -OCH3 is 4. The van der Waals surface area contributed by atoms with Crippen molar-refractivity contribution in [2.75, 3.05) is 28.4 Å². The van der Waals surface area contributed by atoms with Gasteiger partial charge in [0.15, 0.2) is 11.6 Å². The number of Topliss-reactive ketones (excluding diaryl/α,β-unsaturated/α-hetero) is 2. The van der Waals surface area contributed by atoms with Crippen LogP contribution < -0.4 is 18.9 Å². The van der Waals surface area contributed by atoms with Crippen LogP contribution in [-0.4, -0.2) is 45.2 Å². The van der Waals surface area contributed by atoms with Crippen LogP contribution in [0, 0.1) is 0 Å². The Hall–Kier alpha value is -2.59. The minimum atomic E-state index is -1.45. The van der Waals surface area contributed by atoms with Gasteiger partial charge in [-0.3, -0.25) is 9.59 Å². The number of hydrogen-bond acceptors (Lipinski definition) is 6. The number of ether oxygens (including phenoxy) is 4. The Morgan fingerprint density at radius 3 is 1.31 bits per heavy atom.